The summed E-state index contributed by atoms with van der Waals surface area (Å²) in [7, 11) is 0. The van der Waals surface area contributed by atoms with Gasteiger partial charge in [-0.2, -0.15) is 0 Å². The third-order valence-corrected chi connectivity index (χ3v) is 4.16. The van der Waals surface area contributed by atoms with E-state index in [-0.39, 0.29) is 17.9 Å². The zero-order chi connectivity index (χ0) is 14.7. The molecule has 0 spiro atoms. The van der Waals surface area contributed by atoms with Gasteiger partial charge in [-0.15, -0.1) is 0 Å². The van der Waals surface area contributed by atoms with Crippen LogP contribution in [0.5, 0.6) is 0 Å². The average molecular weight is 317 g/mol. The maximum absolute atomic E-state index is 11.9. The number of rotatable bonds is 4. The Morgan fingerprint density at radius 1 is 1.50 bits per heavy atom. The first-order valence-electron chi connectivity index (χ1n) is 6.62. The predicted octanol–water partition coefficient (Wildman–Crippen LogP) is 1.94. The van der Waals surface area contributed by atoms with Gasteiger partial charge in [0.05, 0.1) is 12.1 Å². The SMILES string of the molecule is CC(CNC(=O)C1CC(O)CN1)c1c(Cl)cccc1Cl. The molecule has 0 aliphatic carbocycles. The number of β-amino-alcohol motifs (C(OH)–C–C–N with tert-alkyl or cyclic N) is 1. The highest BCUT2D eigenvalue weighted by Crippen LogP contribution is 2.30. The normalized spacial score (nSPS) is 23.6. The minimum Gasteiger partial charge on any atom is -0.392 e. The molecule has 1 aliphatic heterocycles. The van der Waals surface area contributed by atoms with Crippen molar-refractivity contribution in [1.29, 1.82) is 0 Å². The molecule has 3 unspecified atom stereocenters. The Bertz CT molecular complexity index is 476. The van der Waals surface area contributed by atoms with Gasteiger partial charge in [-0.1, -0.05) is 36.2 Å². The van der Waals surface area contributed by atoms with Gasteiger partial charge < -0.3 is 15.7 Å². The van der Waals surface area contributed by atoms with Gasteiger partial charge in [-0.05, 0) is 24.1 Å². The van der Waals surface area contributed by atoms with Gasteiger partial charge in [0, 0.05) is 29.1 Å². The van der Waals surface area contributed by atoms with Gasteiger partial charge >= 0.3 is 0 Å². The summed E-state index contributed by atoms with van der Waals surface area (Å²) in [6, 6.07) is 5.05. The van der Waals surface area contributed by atoms with E-state index in [0.29, 0.717) is 29.6 Å². The van der Waals surface area contributed by atoms with Gasteiger partial charge in [0.25, 0.3) is 0 Å². The van der Waals surface area contributed by atoms with Crippen molar-refractivity contribution in [3.05, 3.63) is 33.8 Å². The largest absolute Gasteiger partial charge is 0.392 e. The second kappa shape index (κ2) is 6.76. The first-order valence-corrected chi connectivity index (χ1v) is 7.37. The maximum Gasteiger partial charge on any atom is 0.237 e. The van der Waals surface area contributed by atoms with E-state index in [2.05, 4.69) is 10.6 Å². The number of aliphatic hydroxyl groups excluding tert-OH is 1. The van der Waals surface area contributed by atoms with Crippen LogP contribution in [-0.4, -0.2) is 36.2 Å². The molecule has 1 heterocycles. The van der Waals surface area contributed by atoms with E-state index in [9.17, 15) is 9.90 Å². The molecule has 6 heteroatoms. The van der Waals surface area contributed by atoms with E-state index in [0.717, 1.165) is 5.56 Å². The van der Waals surface area contributed by atoms with Crippen LogP contribution in [0, 0.1) is 0 Å². The van der Waals surface area contributed by atoms with Crippen LogP contribution in [0.25, 0.3) is 0 Å². The molecule has 3 atom stereocenters. The van der Waals surface area contributed by atoms with Crippen LogP contribution in [0.4, 0.5) is 0 Å². The lowest BCUT2D eigenvalue weighted by Crippen LogP contribution is -2.41. The van der Waals surface area contributed by atoms with Crippen molar-refractivity contribution in [3.8, 4) is 0 Å². The number of amides is 1. The summed E-state index contributed by atoms with van der Waals surface area (Å²) >= 11 is 12.3. The van der Waals surface area contributed by atoms with Gasteiger partial charge in [0.1, 0.15) is 0 Å². The summed E-state index contributed by atoms with van der Waals surface area (Å²) < 4.78 is 0. The molecular formula is C14H18Cl2N2O2. The maximum atomic E-state index is 11.9. The second-order valence-corrected chi connectivity index (χ2v) is 5.95. The summed E-state index contributed by atoms with van der Waals surface area (Å²) in [5, 5.41) is 16.5. The van der Waals surface area contributed by atoms with Crippen molar-refractivity contribution in [2.45, 2.75) is 31.4 Å². The van der Waals surface area contributed by atoms with Crippen LogP contribution in [0.15, 0.2) is 18.2 Å². The van der Waals surface area contributed by atoms with Crippen molar-refractivity contribution >= 4 is 29.1 Å². The topological polar surface area (TPSA) is 61.4 Å². The fourth-order valence-electron chi connectivity index (χ4n) is 2.38. The summed E-state index contributed by atoms with van der Waals surface area (Å²) in [5.41, 5.74) is 0.843. The molecule has 1 aliphatic rings. The number of carbonyl (C=O) groups excluding carboxylic acids is 1. The Morgan fingerprint density at radius 2 is 2.15 bits per heavy atom. The fraction of sp³-hybridized carbons (Fsp3) is 0.500. The van der Waals surface area contributed by atoms with Crippen molar-refractivity contribution in [3.63, 3.8) is 0 Å². The minimum atomic E-state index is -0.443. The number of benzene rings is 1. The van der Waals surface area contributed by atoms with Crippen molar-refractivity contribution < 1.29 is 9.90 Å². The van der Waals surface area contributed by atoms with Crippen LogP contribution in [0.2, 0.25) is 10.0 Å². The van der Waals surface area contributed by atoms with Gasteiger partial charge in [0.15, 0.2) is 0 Å². The van der Waals surface area contributed by atoms with E-state index in [1.165, 1.54) is 0 Å². The number of hydrogen-bond donors (Lipinski definition) is 3. The van der Waals surface area contributed by atoms with E-state index in [1.54, 1.807) is 18.2 Å². The van der Waals surface area contributed by atoms with Crippen molar-refractivity contribution in [2.24, 2.45) is 0 Å². The number of halogens is 2. The number of hydrogen-bond acceptors (Lipinski definition) is 3. The lowest BCUT2D eigenvalue weighted by molar-refractivity contribution is -0.123. The zero-order valence-corrected chi connectivity index (χ0v) is 12.7. The molecule has 1 amide bonds. The lowest BCUT2D eigenvalue weighted by atomic mass is 10.0. The highest BCUT2D eigenvalue weighted by molar-refractivity contribution is 6.36. The Hall–Kier alpha value is -0.810. The highest BCUT2D eigenvalue weighted by atomic mass is 35.5. The molecule has 2 rings (SSSR count). The van der Waals surface area contributed by atoms with Gasteiger partial charge in [0.2, 0.25) is 5.91 Å². The molecule has 0 saturated carbocycles. The molecule has 110 valence electrons. The smallest absolute Gasteiger partial charge is 0.237 e. The van der Waals surface area contributed by atoms with E-state index < -0.39 is 6.10 Å². The Labute approximate surface area is 128 Å². The Morgan fingerprint density at radius 3 is 2.70 bits per heavy atom. The molecule has 1 fully saturated rings. The minimum absolute atomic E-state index is 0.0199. The number of carbonyl (C=O) groups is 1. The van der Waals surface area contributed by atoms with E-state index >= 15 is 0 Å². The molecule has 3 N–H and O–H groups in total. The van der Waals surface area contributed by atoms with Crippen LogP contribution in [0.1, 0.15) is 24.8 Å². The monoisotopic (exact) mass is 316 g/mol. The van der Waals surface area contributed by atoms with Crippen LogP contribution in [0.3, 0.4) is 0 Å². The summed E-state index contributed by atoms with van der Waals surface area (Å²) in [6.45, 7) is 2.88. The average Bonchev–Trinajstić information content (AvgIpc) is 2.82. The zero-order valence-electron chi connectivity index (χ0n) is 11.2. The summed E-state index contributed by atoms with van der Waals surface area (Å²) in [4.78, 5) is 11.9. The quantitative estimate of drug-likeness (QED) is 0.795. The number of nitrogens with one attached hydrogen (secondary N) is 2. The van der Waals surface area contributed by atoms with E-state index in [1.807, 2.05) is 6.92 Å². The summed E-state index contributed by atoms with van der Waals surface area (Å²) in [6.07, 6.45) is 0.00811. The molecule has 1 saturated heterocycles. The van der Waals surface area contributed by atoms with Gasteiger partial charge in [-0.25, -0.2) is 0 Å². The third-order valence-electron chi connectivity index (χ3n) is 3.50. The fourth-order valence-corrected chi connectivity index (χ4v) is 3.15. The van der Waals surface area contributed by atoms with Crippen LogP contribution >= 0.6 is 23.2 Å². The first kappa shape index (κ1) is 15.6. The molecule has 20 heavy (non-hydrogen) atoms. The third kappa shape index (κ3) is 3.64. The molecule has 0 radical (unpaired) electrons. The Balaban J connectivity index is 1.92. The first-order chi connectivity index (χ1) is 9.49. The molecular weight excluding hydrogens is 299 g/mol. The Kier molecular flexibility index (Phi) is 5.27. The predicted molar refractivity (Wildman–Crippen MR) is 80.3 cm³/mol. The highest BCUT2D eigenvalue weighted by Gasteiger charge is 2.28. The molecule has 1 aromatic rings. The summed E-state index contributed by atoms with van der Waals surface area (Å²) in [5.74, 6) is -0.0805. The molecule has 0 bridgehead atoms. The lowest BCUT2D eigenvalue weighted by Gasteiger charge is -2.18. The standard InChI is InChI=1S/C14H18Cl2N2O2/c1-8(13-10(15)3-2-4-11(13)16)6-18-14(20)12-5-9(19)7-17-12/h2-4,8-9,12,17,19H,5-7H2,1H3,(H,18,20). The van der Waals surface area contributed by atoms with Crippen molar-refractivity contribution in [1.82, 2.24) is 10.6 Å². The van der Waals surface area contributed by atoms with Crippen molar-refractivity contribution in [2.75, 3.05) is 13.1 Å². The molecule has 0 aromatic heterocycles. The number of aliphatic hydroxyl groups is 1. The van der Waals surface area contributed by atoms with Crippen LogP contribution < -0.4 is 10.6 Å². The molecule has 1 aromatic carbocycles. The second-order valence-electron chi connectivity index (χ2n) is 5.13. The molecule has 4 nitrogen and oxygen atoms in total. The van der Waals surface area contributed by atoms with Gasteiger partial charge in [-0.3, -0.25) is 4.79 Å². The van der Waals surface area contributed by atoms with Crippen LogP contribution in [-0.2, 0) is 4.79 Å². The van der Waals surface area contributed by atoms with E-state index in [4.69, 9.17) is 23.2 Å².